The number of benzene rings is 1. The molecule has 3 aliphatic rings. The number of hydrogen-bond donors (Lipinski definition) is 1. The molecule has 3 heterocycles. The van der Waals surface area contributed by atoms with Crippen LogP contribution in [0.4, 0.5) is 0 Å². The number of aromatic nitrogens is 4. The van der Waals surface area contributed by atoms with Gasteiger partial charge in [0.1, 0.15) is 17.8 Å². The first-order valence-corrected chi connectivity index (χ1v) is 13.1. The van der Waals surface area contributed by atoms with Gasteiger partial charge in [-0.15, -0.1) is 10.2 Å². The van der Waals surface area contributed by atoms with Crippen molar-refractivity contribution in [2.45, 2.75) is 75.9 Å². The van der Waals surface area contributed by atoms with Crippen molar-refractivity contribution in [3.8, 4) is 11.6 Å². The van der Waals surface area contributed by atoms with E-state index in [9.17, 15) is 4.79 Å². The minimum absolute atomic E-state index is 0.0128. The first-order chi connectivity index (χ1) is 17.1. The average molecular weight is 492 g/mol. The summed E-state index contributed by atoms with van der Waals surface area (Å²) in [6.07, 6.45) is 10.4. The van der Waals surface area contributed by atoms with Gasteiger partial charge in [0, 0.05) is 41.6 Å². The van der Waals surface area contributed by atoms with Crippen molar-refractivity contribution in [2.24, 2.45) is 5.92 Å². The van der Waals surface area contributed by atoms with Gasteiger partial charge in [0.15, 0.2) is 0 Å². The lowest BCUT2D eigenvalue weighted by Gasteiger charge is -2.28. The first kappa shape index (κ1) is 22.5. The molecule has 7 nitrogen and oxygen atoms in total. The number of nitrogens with zero attached hydrogens (tertiary/aromatic N) is 4. The predicted octanol–water partition coefficient (Wildman–Crippen LogP) is 4.80. The van der Waals surface area contributed by atoms with Crippen LogP contribution in [-0.4, -0.2) is 37.8 Å². The molecule has 2 saturated carbocycles. The monoisotopic (exact) mass is 491 g/mol. The number of fused-ring (bicyclic) bond motifs is 3. The zero-order valence-corrected chi connectivity index (χ0v) is 20.5. The molecule has 2 aromatic heterocycles. The predicted molar refractivity (Wildman–Crippen MR) is 133 cm³/mol. The van der Waals surface area contributed by atoms with Crippen LogP contribution < -0.4 is 10.1 Å². The molecule has 1 aromatic carbocycles. The third-order valence-corrected chi connectivity index (χ3v) is 7.95. The fraction of sp³-hybridized carbons (Fsp3) is 0.481. The Morgan fingerprint density at radius 3 is 2.63 bits per heavy atom. The Kier molecular flexibility index (Phi) is 6.19. The van der Waals surface area contributed by atoms with Gasteiger partial charge in [-0.3, -0.25) is 9.36 Å². The van der Waals surface area contributed by atoms with Crippen LogP contribution in [0.25, 0.3) is 5.69 Å². The van der Waals surface area contributed by atoms with E-state index in [2.05, 4.69) is 31.1 Å². The van der Waals surface area contributed by atoms with Crippen LogP contribution in [0.3, 0.4) is 0 Å². The van der Waals surface area contributed by atoms with Crippen LogP contribution in [-0.2, 0) is 17.6 Å². The van der Waals surface area contributed by atoms with E-state index >= 15 is 0 Å². The number of hydrogen-bond acceptors (Lipinski definition) is 5. The zero-order chi connectivity index (χ0) is 23.8. The molecule has 1 atom stereocenters. The molecular formula is C27H30ClN5O2. The van der Waals surface area contributed by atoms with E-state index in [0.717, 1.165) is 74.3 Å². The van der Waals surface area contributed by atoms with Crippen LogP contribution in [0, 0.1) is 5.92 Å². The number of rotatable bonds is 5. The molecular weight excluding hydrogens is 462 g/mol. The number of carbonyl (C=O) groups excluding carboxylic acids is 1. The second-order valence-electron chi connectivity index (χ2n) is 10.1. The van der Waals surface area contributed by atoms with Crippen LogP contribution in [0.1, 0.15) is 68.1 Å². The number of nitrogens with one attached hydrogen (secondary N) is 1. The van der Waals surface area contributed by atoms with Gasteiger partial charge < -0.3 is 10.1 Å². The summed E-state index contributed by atoms with van der Waals surface area (Å²) in [4.78, 5) is 17.0. The number of ether oxygens (including phenoxy) is 1. The van der Waals surface area contributed by atoms with Crippen molar-refractivity contribution in [1.82, 2.24) is 25.1 Å². The molecule has 1 aliphatic heterocycles. The summed E-state index contributed by atoms with van der Waals surface area (Å²) in [5, 5.41) is 13.3. The molecule has 1 amide bonds. The van der Waals surface area contributed by atoms with E-state index in [1.807, 2.05) is 30.3 Å². The minimum atomic E-state index is -0.0128. The summed E-state index contributed by atoms with van der Waals surface area (Å²) < 4.78 is 8.33. The summed E-state index contributed by atoms with van der Waals surface area (Å²) >= 11 is 6.39. The molecule has 182 valence electrons. The maximum absolute atomic E-state index is 12.7. The van der Waals surface area contributed by atoms with E-state index in [-0.39, 0.29) is 24.0 Å². The van der Waals surface area contributed by atoms with E-state index < -0.39 is 0 Å². The highest BCUT2D eigenvalue weighted by molar-refractivity contribution is 6.30. The summed E-state index contributed by atoms with van der Waals surface area (Å²) in [5.74, 6) is 3.24. The van der Waals surface area contributed by atoms with Gasteiger partial charge in [0.25, 0.3) is 0 Å². The van der Waals surface area contributed by atoms with Gasteiger partial charge in [0.05, 0.1) is 5.69 Å². The second-order valence-corrected chi connectivity index (χ2v) is 10.5. The van der Waals surface area contributed by atoms with E-state index in [4.69, 9.17) is 16.3 Å². The molecule has 0 saturated heterocycles. The molecule has 0 unspecified atom stereocenters. The Hall–Kier alpha value is -2.93. The summed E-state index contributed by atoms with van der Waals surface area (Å²) in [5.41, 5.74) is 2.21. The number of carbonyl (C=O) groups is 1. The third kappa shape index (κ3) is 4.66. The smallest absolute Gasteiger partial charge is 0.223 e. The number of halogens is 1. The SMILES string of the molecule is O=C(N[C@@H]1Cc2cc(Cl)ccc2-n2c(nnc2[C@H]2CC[C@H](Oc3ccccn3)CC2)C1)C1CCC1. The van der Waals surface area contributed by atoms with E-state index in [0.29, 0.717) is 23.2 Å². The largest absolute Gasteiger partial charge is 0.474 e. The fourth-order valence-electron chi connectivity index (χ4n) is 5.60. The molecule has 2 fully saturated rings. The maximum atomic E-state index is 12.7. The van der Waals surface area contributed by atoms with Crippen molar-refractivity contribution < 1.29 is 9.53 Å². The van der Waals surface area contributed by atoms with E-state index in [1.165, 1.54) is 0 Å². The lowest BCUT2D eigenvalue weighted by molar-refractivity contribution is -0.128. The van der Waals surface area contributed by atoms with Crippen LogP contribution >= 0.6 is 11.6 Å². The van der Waals surface area contributed by atoms with Crippen LogP contribution in [0.15, 0.2) is 42.6 Å². The molecule has 2 aliphatic carbocycles. The van der Waals surface area contributed by atoms with Crippen molar-refractivity contribution >= 4 is 17.5 Å². The van der Waals surface area contributed by atoms with Crippen molar-refractivity contribution in [3.63, 3.8) is 0 Å². The van der Waals surface area contributed by atoms with Gasteiger partial charge in [-0.1, -0.05) is 24.1 Å². The Morgan fingerprint density at radius 1 is 1.03 bits per heavy atom. The van der Waals surface area contributed by atoms with Gasteiger partial charge in [0.2, 0.25) is 11.8 Å². The highest BCUT2D eigenvalue weighted by Crippen LogP contribution is 2.37. The lowest BCUT2D eigenvalue weighted by atomic mass is 9.84. The van der Waals surface area contributed by atoms with Crippen LogP contribution in [0.2, 0.25) is 5.02 Å². The Balaban J connectivity index is 1.23. The Morgan fingerprint density at radius 2 is 1.89 bits per heavy atom. The molecule has 6 rings (SSSR count). The van der Waals surface area contributed by atoms with Gasteiger partial charge in [-0.25, -0.2) is 4.98 Å². The summed E-state index contributed by atoms with van der Waals surface area (Å²) in [6, 6.07) is 11.8. The quantitative estimate of drug-likeness (QED) is 0.554. The lowest BCUT2D eigenvalue weighted by Crippen LogP contribution is -2.43. The fourth-order valence-corrected chi connectivity index (χ4v) is 5.80. The van der Waals surface area contributed by atoms with Gasteiger partial charge >= 0.3 is 0 Å². The van der Waals surface area contributed by atoms with Crippen molar-refractivity contribution in [2.75, 3.05) is 0 Å². The van der Waals surface area contributed by atoms with E-state index in [1.54, 1.807) is 6.20 Å². The van der Waals surface area contributed by atoms with Crippen molar-refractivity contribution in [1.29, 1.82) is 0 Å². The standard InChI is InChI=1S/C27H30ClN5O2/c28-20-9-12-23-19(14-20)15-21(30-27(34)18-4-3-5-18)16-24-31-32-26(33(23)24)17-7-10-22(11-8-17)35-25-6-1-2-13-29-25/h1-2,6,9,12-14,17-18,21-22H,3-5,7-8,10-11,15-16H2,(H,30,34)/t17-,21-,22-/m1/s1. The normalized spacial score (nSPS) is 24.0. The molecule has 0 bridgehead atoms. The second kappa shape index (κ2) is 9.61. The Labute approximate surface area is 210 Å². The summed E-state index contributed by atoms with van der Waals surface area (Å²) in [6.45, 7) is 0. The van der Waals surface area contributed by atoms with Crippen LogP contribution in [0.5, 0.6) is 5.88 Å². The first-order valence-electron chi connectivity index (χ1n) is 12.7. The van der Waals surface area contributed by atoms with Gasteiger partial charge in [-0.2, -0.15) is 0 Å². The van der Waals surface area contributed by atoms with Crippen molar-refractivity contribution in [3.05, 3.63) is 64.8 Å². The highest BCUT2D eigenvalue weighted by Gasteiger charge is 2.33. The molecule has 8 heteroatoms. The molecule has 1 N–H and O–H groups in total. The highest BCUT2D eigenvalue weighted by atomic mass is 35.5. The number of amides is 1. The number of pyridine rings is 1. The molecule has 0 spiro atoms. The van der Waals surface area contributed by atoms with Gasteiger partial charge in [-0.05, 0) is 74.8 Å². The minimum Gasteiger partial charge on any atom is -0.474 e. The Bertz CT molecular complexity index is 1200. The maximum Gasteiger partial charge on any atom is 0.223 e. The third-order valence-electron chi connectivity index (χ3n) is 7.72. The summed E-state index contributed by atoms with van der Waals surface area (Å²) in [7, 11) is 0. The zero-order valence-electron chi connectivity index (χ0n) is 19.7. The topological polar surface area (TPSA) is 81.9 Å². The average Bonchev–Trinajstić information content (AvgIpc) is 3.16. The molecule has 0 radical (unpaired) electrons. The molecule has 3 aromatic rings. The molecule has 35 heavy (non-hydrogen) atoms.